The second kappa shape index (κ2) is 8.47. The van der Waals surface area contributed by atoms with Crippen molar-refractivity contribution in [2.75, 3.05) is 44.7 Å². The number of carbonyl (C=O) groups is 1. The topological polar surface area (TPSA) is 51.8 Å². The molecule has 6 nitrogen and oxygen atoms in total. The van der Waals surface area contributed by atoms with Crippen molar-refractivity contribution < 1.29 is 13.9 Å². The summed E-state index contributed by atoms with van der Waals surface area (Å²) in [5, 5.41) is 0.887. The van der Waals surface area contributed by atoms with Gasteiger partial charge in [-0.1, -0.05) is 6.07 Å². The number of piperazine rings is 1. The van der Waals surface area contributed by atoms with E-state index in [4.69, 9.17) is 4.74 Å². The van der Waals surface area contributed by atoms with Crippen LogP contribution < -0.4 is 9.64 Å². The number of halogens is 1. The number of nitrogens with one attached hydrogen (secondary N) is 1. The van der Waals surface area contributed by atoms with Gasteiger partial charge in [-0.15, -0.1) is 0 Å². The lowest BCUT2D eigenvalue weighted by molar-refractivity contribution is -0.133. The van der Waals surface area contributed by atoms with Crippen LogP contribution in [0.1, 0.15) is 18.2 Å². The number of aromatic nitrogens is 1. The van der Waals surface area contributed by atoms with Crippen LogP contribution in [0.5, 0.6) is 5.75 Å². The Morgan fingerprint density at radius 2 is 2.06 bits per heavy atom. The van der Waals surface area contributed by atoms with Crippen LogP contribution in [0, 0.1) is 5.82 Å². The summed E-state index contributed by atoms with van der Waals surface area (Å²) < 4.78 is 19.1. The Balaban J connectivity index is 1.23. The Hall–Kier alpha value is -3.06. The predicted molar refractivity (Wildman–Crippen MR) is 124 cm³/mol. The first-order chi connectivity index (χ1) is 15.5. The van der Waals surface area contributed by atoms with E-state index in [1.807, 2.05) is 17.0 Å². The van der Waals surface area contributed by atoms with Crippen molar-refractivity contribution in [2.45, 2.75) is 25.9 Å². The molecule has 0 saturated carbocycles. The quantitative estimate of drug-likeness (QED) is 0.681. The van der Waals surface area contributed by atoms with E-state index >= 15 is 0 Å². The third kappa shape index (κ3) is 3.93. The largest absolute Gasteiger partial charge is 0.497 e. The van der Waals surface area contributed by atoms with Crippen molar-refractivity contribution in [3.8, 4) is 5.75 Å². The van der Waals surface area contributed by atoms with Gasteiger partial charge in [0.1, 0.15) is 11.6 Å². The van der Waals surface area contributed by atoms with Gasteiger partial charge in [-0.05, 0) is 37.3 Å². The lowest BCUT2D eigenvalue weighted by Gasteiger charge is -2.41. The third-order valence-electron chi connectivity index (χ3n) is 6.75. The standard InChI is InChI=1S/C25H29FN4O2/c1-17-14-28(10-11-30(17)19-4-3-5-20(13-19)32-2)16-25(31)29-9-8-24-22(15-29)21-12-18(26)6-7-23(21)27-24/h3-7,12-13,17,27H,8-11,14-16H2,1-2H3/t17-/m0/s1. The molecule has 2 aromatic carbocycles. The van der Waals surface area contributed by atoms with Crippen LogP contribution >= 0.6 is 0 Å². The highest BCUT2D eigenvalue weighted by Gasteiger charge is 2.29. The number of ether oxygens (including phenoxy) is 1. The Kier molecular flexibility index (Phi) is 5.51. The molecule has 1 saturated heterocycles. The number of nitrogens with zero attached hydrogens (tertiary/aromatic N) is 3. The third-order valence-corrected chi connectivity index (χ3v) is 6.75. The van der Waals surface area contributed by atoms with E-state index < -0.39 is 0 Å². The Morgan fingerprint density at radius 3 is 2.88 bits per heavy atom. The number of hydrogen-bond acceptors (Lipinski definition) is 4. The Morgan fingerprint density at radius 1 is 1.19 bits per heavy atom. The van der Waals surface area contributed by atoms with E-state index in [0.29, 0.717) is 25.7 Å². The fourth-order valence-corrected chi connectivity index (χ4v) is 5.04. The zero-order chi connectivity index (χ0) is 22.2. The normalized spacial score (nSPS) is 19.3. The molecule has 3 heterocycles. The summed E-state index contributed by atoms with van der Waals surface area (Å²) in [7, 11) is 1.68. The van der Waals surface area contributed by atoms with E-state index in [-0.39, 0.29) is 11.7 Å². The first kappa shape index (κ1) is 20.8. The fraction of sp³-hybridized carbons (Fsp3) is 0.400. The van der Waals surface area contributed by atoms with Crippen molar-refractivity contribution in [1.82, 2.24) is 14.8 Å². The molecule has 168 valence electrons. The number of methoxy groups -OCH3 is 1. The van der Waals surface area contributed by atoms with Crippen LogP contribution in [0.2, 0.25) is 0 Å². The van der Waals surface area contributed by atoms with E-state index in [1.165, 1.54) is 6.07 Å². The van der Waals surface area contributed by atoms with Crippen LogP contribution in [0.4, 0.5) is 10.1 Å². The maximum absolute atomic E-state index is 13.8. The molecule has 5 rings (SSSR count). The number of aromatic amines is 1. The van der Waals surface area contributed by atoms with Gasteiger partial charge in [0, 0.05) is 79.1 Å². The molecule has 1 aromatic heterocycles. The minimum Gasteiger partial charge on any atom is -0.497 e. The minimum atomic E-state index is -0.245. The molecule has 32 heavy (non-hydrogen) atoms. The van der Waals surface area contributed by atoms with Gasteiger partial charge in [0.05, 0.1) is 13.7 Å². The summed E-state index contributed by atoms with van der Waals surface area (Å²) in [4.78, 5) is 23.0. The molecule has 2 aliphatic rings. The molecule has 2 aliphatic heterocycles. The molecular formula is C25H29FN4O2. The summed E-state index contributed by atoms with van der Waals surface area (Å²) >= 11 is 0. The van der Waals surface area contributed by atoms with E-state index in [2.05, 4.69) is 33.8 Å². The van der Waals surface area contributed by atoms with E-state index in [0.717, 1.165) is 59.7 Å². The predicted octanol–water partition coefficient (Wildman–Crippen LogP) is 3.41. The summed E-state index contributed by atoms with van der Waals surface area (Å²) in [6.45, 7) is 6.39. The monoisotopic (exact) mass is 436 g/mol. The van der Waals surface area contributed by atoms with Crippen LogP contribution in [0.15, 0.2) is 42.5 Å². The van der Waals surface area contributed by atoms with Crippen LogP contribution in [0.25, 0.3) is 10.9 Å². The van der Waals surface area contributed by atoms with Crippen molar-refractivity contribution in [3.05, 3.63) is 59.5 Å². The highest BCUT2D eigenvalue weighted by Crippen LogP contribution is 2.29. The average Bonchev–Trinajstić information content (AvgIpc) is 3.16. The lowest BCUT2D eigenvalue weighted by atomic mass is 10.0. The van der Waals surface area contributed by atoms with Crippen molar-refractivity contribution in [1.29, 1.82) is 0 Å². The summed E-state index contributed by atoms with van der Waals surface area (Å²) in [5.41, 5.74) is 4.26. The summed E-state index contributed by atoms with van der Waals surface area (Å²) in [5.74, 6) is 0.753. The summed E-state index contributed by atoms with van der Waals surface area (Å²) in [6, 6.07) is 13.2. The first-order valence-electron chi connectivity index (χ1n) is 11.2. The van der Waals surface area contributed by atoms with Crippen molar-refractivity contribution >= 4 is 22.5 Å². The molecule has 0 radical (unpaired) electrons. The molecule has 1 amide bonds. The maximum Gasteiger partial charge on any atom is 0.237 e. The lowest BCUT2D eigenvalue weighted by Crippen LogP contribution is -2.54. The Labute approximate surface area is 187 Å². The molecule has 7 heteroatoms. The van der Waals surface area contributed by atoms with Crippen molar-refractivity contribution in [3.63, 3.8) is 0 Å². The zero-order valence-electron chi connectivity index (χ0n) is 18.6. The van der Waals surface area contributed by atoms with Crippen molar-refractivity contribution in [2.24, 2.45) is 0 Å². The van der Waals surface area contributed by atoms with E-state index in [1.54, 1.807) is 19.2 Å². The zero-order valence-corrected chi connectivity index (χ0v) is 18.6. The SMILES string of the molecule is COc1cccc(N2CCN(CC(=O)N3CCc4[nH]c5ccc(F)cc5c4C3)C[C@@H]2C)c1. The number of carbonyl (C=O) groups excluding carboxylic acids is 1. The van der Waals surface area contributed by atoms with Gasteiger partial charge in [0.15, 0.2) is 0 Å². The smallest absolute Gasteiger partial charge is 0.237 e. The van der Waals surface area contributed by atoms with Gasteiger partial charge in [-0.3, -0.25) is 9.69 Å². The van der Waals surface area contributed by atoms with E-state index in [9.17, 15) is 9.18 Å². The molecule has 0 aliphatic carbocycles. The van der Waals surface area contributed by atoms with Crippen LogP contribution in [-0.4, -0.2) is 66.6 Å². The number of fused-ring (bicyclic) bond motifs is 3. The molecule has 3 aromatic rings. The molecule has 1 atom stereocenters. The fourth-order valence-electron chi connectivity index (χ4n) is 5.04. The molecule has 0 spiro atoms. The second-order valence-corrected chi connectivity index (χ2v) is 8.82. The molecule has 1 fully saturated rings. The number of amides is 1. The minimum absolute atomic E-state index is 0.142. The number of hydrogen-bond donors (Lipinski definition) is 1. The van der Waals surface area contributed by atoms with Crippen LogP contribution in [0.3, 0.4) is 0 Å². The van der Waals surface area contributed by atoms with Gasteiger partial charge in [-0.2, -0.15) is 0 Å². The number of H-pyrrole nitrogens is 1. The number of rotatable bonds is 4. The molecule has 1 N–H and O–H groups in total. The highest BCUT2D eigenvalue weighted by atomic mass is 19.1. The number of benzene rings is 2. The summed E-state index contributed by atoms with van der Waals surface area (Å²) in [6.07, 6.45) is 0.775. The van der Waals surface area contributed by atoms with Crippen LogP contribution in [-0.2, 0) is 17.8 Å². The van der Waals surface area contributed by atoms with Gasteiger partial charge >= 0.3 is 0 Å². The van der Waals surface area contributed by atoms with Gasteiger partial charge < -0.3 is 19.5 Å². The molecular weight excluding hydrogens is 407 g/mol. The van der Waals surface area contributed by atoms with Gasteiger partial charge in [0.25, 0.3) is 0 Å². The average molecular weight is 437 g/mol. The number of anilines is 1. The van der Waals surface area contributed by atoms with Gasteiger partial charge in [-0.25, -0.2) is 4.39 Å². The molecule has 0 unspecified atom stereocenters. The van der Waals surface area contributed by atoms with Gasteiger partial charge in [0.2, 0.25) is 5.91 Å². The second-order valence-electron chi connectivity index (χ2n) is 8.82. The molecule has 0 bridgehead atoms. The Bertz CT molecular complexity index is 1140. The first-order valence-corrected chi connectivity index (χ1v) is 11.2. The maximum atomic E-state index is 13.8. The highest BCUT2D eigenvalue weighted by molar-refractivity contribution is 5.86.